The lowest BCUT2D eigenvalue weighted by atomic mass is 9.77. The van der Waals surface area contributed by atoms with Gasteiger partial charge in [0.1, 0.15) is 0 Å². The van der Waals surface area contributed by atoms with Crippen LogP contribution in [0.2, 0.25) is 0 Å². The summed E-state index contributed by atoms with van der Waals surface area (Å²) in [5, 5.41) is 0. The molecule has 6 rings (SSSR count). The molecule has 6 nitrogen and oxygen atoms in total. The number of hydrogen-bond acceptors (Lipinski definition) is 5. The number of amides is 2. The fraction of sp³-hybridized carbons (Fsp3) is 0.241. The van der Waals surface area contributed by atoms with Gasteiger partial charge in [0.2, 0.25) is 29.0 Å². The molecule has 0 bridgehead atoms. The predicted molar refractivity (Wildman–Crippen MR) is 128 cm³/mol. The quantitative estimate of drug-likeness (QED) is 0.420. The van der Waals surface area contributed by atoms with Crippen molar-refractivity contribution in [1.82, 2.24) is 0 Å². The number of ether oxygens (including phenoxy) is 1. The minimum atomic E-state index is -2.05. The van der Waals surface area contributed by atoms with Gasteiger partial charge in [-0.05, 0) is 29.2 Å². The smallest absolute Gasteiger partial charge is 0.241 e. The standard InChI is InChI=1S/C29H23NO5/c1-16(2)17-12-14-19(15-13-17)30-27(33)22-23(28(30)34)29(35-24(22)18-8-4-3-5-9-18)25(31)20-10-6-7-11-21(20)26(29)32/h3-16,22-24H,1-2H3/t22-,23-,24+/m1/s1. The number of anilines is 1. The Bertz CT molecular complexity index is 1360. The molecular formula is C29H23NO5. The van der Waals surface area contributed by atoms with Crippen LogP contribution in [0.4, 0.5) is 5.69 Å². The molecule has 35 heavy (non-hydrogen) atoms. The van der Waals surface area contributed by atoms with Crippen LogP contribution >= 0.6 is 0 Å². The van der Waals surface area contributed by atoms with E-state index in [-0.39, 0.29) is 11.1 Å². The third-order valence-electron chi connectivity index (χ3n) is 7.47. The number of hydrogen-bond donors (Lipinski definition) is 0. The minimum Gasteiger partial charge on any atom is -0.349 e. The highest BCUT2D eigenvalue weighted by Crippen LogP contribution is 2.57. The van der Waals surface area contributed by atoms with Gasteiger partial charge in [-0.1, -0.05) is 80.6 Å². The number of Topliss-reactive ketones (excluding diaryl/α,β-unsaturated/α-hetero) is 2. The second-order valence-electron chi connectivity index (χ2n) is 9.65. The van der Waals surface area contributed by atoms with Crippen molar-refractivity contribution >= 4 is 29.1 Å². The lowest BCUT2D eigenvalue weighted by molar-refractivity contribution is -0.127. The first-order chi connectivity index (χ1) is 16.9. The van der Waals surface area contributed by atoms with Crippen molar-refractivity contribution in [2.75, 3.05) is 4.90 Å². The van der Waals surface area contributed by atoms with Crippen LogP contribution in [0.25, 0.3) is 0 Å². The van der Waals surface area contributed by atoms with Crippen LogP contribution in [0.5, 0.6) is 0 Å². The highest BCUT2D eigenvalue weighted by atomic mass is 16.5. The Morgan fingerprint density at radius 1 is 0.743 bits per heavy atom. The lowest BCUT2D eigenvalue weighted by Crippen LogP contribution is -2.51. The first kappa shape index (κ1) is 21.6. The van der Waals surface area contributed by atoms with E-state index in [1.807, 2.05) is 18.2 Å². The molecule has 2 heterocycles. The Hall–Kier alpha value is -3.90. The number of imide groups is 1. The second kappa shape index (κ2) is 7.55. The average Bonchev–Trinajstić information content (AvgIpc) is 3.44. The summed E-state index contributed by atoms with van der Waals surface area (Å²) in [6, 6.07) is 22.8. The molecular weight excluding hydrogens is 442 g/mol. The third-order valence-corrected chi connectivity index (χ3v) is 7.47. The van der Waals surface area contributed by atoms with Crippen LogP contribution < -0.4 is 4.90 Å². The Kier molecular flexibility index (Phi) is 4.66. The summed E-state index contributed by atoms with van der Waals surface area (Å²) in [4.78, 5) is 56.4. The maximum absolute atomic E-state index is 13.9. The number of ketones is 2. The zero-order chi connectivity index (χ0) is 24.5. The van der Waals surface area contributed by atoms with Gasteiger partial charge in [0, 0.05) is 11.1 Å². The van der Waals surface area contributed by atoms with E-state index < -0.39 is 46.9 Å². The summed E-state index contributed by atoms with van der Waals surface area (Å²) in [7, 11) is 0. The van der Waals surface area contributed by atoms with Crippen LogP contribution in [0, 0.1) is 11.8 Å². The van der Waals surface area contributed by atoms with Gasteiger partial charge in [-0.15, -0.1) is 0 Å². The van der Waals surface area contributed by atoms with E-state index >= 15 is 0 Å². The molecule has 2 aliphatic heterocycles. The number of nitrogens with zero attached hydrogens (tertiary/aromatic N) is 1. The zero-order valence-electron chi connectivity index (χ0n) is 19.3. The summed E-state index contributed by atoms with van der Waals surface area (Å²) in [5.41, 5.74) is 0.556. The van der Waals surface area contributed by atoms with Crippen LogP contribution in [0.3, 0.4) is 0 Å². The highest BCUT2D eigenvalue weighted by molar-refractivity contribution is 6.37. The van der Waals surface area contributed by atoms with Gasteiger partial charge in [-0.2, -0.15) is 0 Å². The van der Waals surface area contributed by atoms with Crippen molar-refractivity contribution in [1.29, 1.82) is 0 Å². The van der Waals surface area contributed by atoms with E-state index in [1.165, 1.54) is 0 Å². The fourth-order valence-electron chi connectivity index (χ4n) is 5.72. The third kappa shape index (κ3) is 2.80. The number of fused-ring (bicyclic) bond motifs is 3. The van der Waals surface area contributed by atoms with Crippen LogP contribution in [-0.4, -0.2) is 29.0 Å². The molecule has 3 aromatic carbocycles. The SMILES string of the molecule is CC(C)c1ccc(N2C(=O)[C@H]3[C@H](c4ccccc4)OC4(C(=O)c5ccccc5C4=O)[C@H]3C2=O)cc1. The van der Waals surface area contributed by atoms with Gasteiger partial charge < -0.3 is 4.74 Å². The average molecular weight is 466 g/mol. The zero-order valence-corrected chi connectivity index (χ0v) is 19.3. The van der Waals surface area contributed by atoms with Gasteiger partial charge in [0.15, 0.2) is 0 Å². The molecule has 0 N–H and O–H groups in total. The molecule has 0 radical (unpaired) electrons. The number of benzene rings is 3. The first-order valence-corrected chi connectivity index (χ1v) is 11.8. The Morgan fingerprint density at radius 2 is 1.31 bits per heavy atom. The van der Waals surface area contributed by atoms with E-state index in [9.17, 15) is 19.2 Å². The maximum Gasteiger partial charge on any atom is 0.241 e. The van der Waals surface area contributed by atoms with Gasteiger partial charge >= 0.3 is 0 Å². The largest absolute Gasteiger partial charge is 0.349 e. The number of carbonyl (C=O) groups excluding carboxylic acids is 4. The first-order valence-electron chi connectivity index (χ1n) is 11.8. The van der Waals surface area contributed by atoms with Gasteiger partial charge in [-0.3, -0.25) is 19.2 Å². The molecule has 0 saturated carbocycles. The molecule has 2 fully saturated rings. The molecule has 3 atom stereocenters. The van der Waals surface area contributed by atoms with Crippen LogP contribution in [0.1, 0.15) is 57.7 Å². The van der Waals surface area contributed by atoms with Gasteiger partial charge in [0.25, 0.3) is 0 Å². The molecule has 0 aromatic heterocycles. The summed E-state index contributed by atoms with van der Waals surface area (Å²) in [5.74, 6) is -4.08. The molecule has 1 aliphatic carbocycles. The van der Waals surface area contributed by atoms with Crippen molar-refractivity contribution in [3.05, 3.63) is 101 Å². The predicted octanol–water partition coefficient (Wildman–Crippen LogP) is 4.51. The second-order valence-corrected chi connectivity index (χ2v) is 9.65. The van der Waals surface area contributed by atoms with Crippen molar-refractivity contribution in [3.8, 4) is 0 Å². The van der Waals surface area contributed by atoms with E-state index in [2.05, 4.69) is 13.8 Å². The lowest BCUT2D eigenvalue weighted by Gasteiger charge is -2.27. The molecule has 2 saturated heterocycles. The molecule has 0 unspecified atom stereocenters. The van der Waals surface area contributed by atoms with Crippen molar-refractivity contribution in [2.24, 2.45) is 11.8 Å². The van der Waals surface area contributed by atoms with Crippen molar-refractivity contribution in [3.63, 3.8) is 0 Å². The van der Waals surface area contributed by atoms with Crippen molar-refractivity contribution < 1.29 is 23.9 Å². The van der Waals surface area contributed by atoms with E-state index in [4.69, 9.17) is 4.74 Å². The van der Waals surface area contributed by atoms with E-state index in [0.717, 1.165) is 10.5 Å². The monoisotopic (exact) mass is 465 g/mol. The summed E-state index contributed by atoms with van der Waals surface area (Å²) in [6.45, 7) is 4.12. The number of rotatable bonds is 3. The molecule has 6 heteroatoms. The normalized spacial score (nSPS) is 24.5. The van der Waals surface area contributed by atoms with Crippen LogP contribution in [0.15, 0.2) is 78.9 Å². The minimum absolute atomic E-state index is 0.227. The molecule has 3 aromatic rings. The Labute approximate surface area is 202 Å². The Morgan fingerprint density at radius 3 is 1.89 bits per heavy atom. The molecule has 174 valence electrons. The van der Waals surface area contributed by atoms with Crippen LogP contribution in [-0.2, 0) is 14.3 Å². The van der Waals surface area contributed by atoms with Crippen molar-refractivity contribution in [2.45, 2.75) is 31.5 Å². The molecule has 1 spiro atoms. The number of carbonyl (C=O) groups is 4. The van der Waals surface area contributed by atoms with E-state index in [0.29, 0.717) is 17.2 Å². The summed E-state index contributed by atoms with van der Waals surface area (Å²) >= 11 is 0. The summed E-state index contributed by atoms with van der Waals surface area (Å²) < 4.78 is 6.28. The topological polar surface area (TPSA) is 80.8 Å². The molecule has 3 aliphatic rings. The Balaban J connectivity index is 1.51. The highest BCUT2D eigenvalue weighted by Gasteiger charge is 2.74. The maximum atomic E-state index is 13.9. The van der Waals surface area contributed by atoms with Gasteiger partial charge in [-0.25, -0.2) is 4.90 Å². The molecule has 2 amide bonds. The fourth-order valence-corrected chi connectivity index (χ4v) is 5.72. The summed E-state index contributed by atoms with van der Waals surface area (Å²) in [6.07, 6.45) is -0.903. The van der Waals surface area contributed by atoms with E-state index in [1.54, 1.807) is 60.7 Å². The van der Waals surface area contributed by atoms with Gasteiger partial charge in [0.05, 0.1) is 23.6 Å².